The minimum Gasteiger partial charge on any atom is -0.342 e. The van der Waals surface area contributed by atoms with Gasteiger partial charge in [0.05, 0.1) is 10.9 Å². The van der Waals surface area contributed by atoms with Crippen molar-refractivity contribution in [3.05, 3.63) is 60.0 Å². The lowest BCUT2D eigenvalue weighted by molar-refractivity contribution is 0.0938. The number of hydrogen-bond acceptors (Lipinski definition) is 5. The lowest BCUT2D eigenvalue weighted by atomic mass is 10.2. The van der Waals surface area contributed by atoms with Crippen LogP contribution in [-0.2, 0) is 10.0 Å². The van der Waals surface area contributed by atoms with E-state index in [1.54, 1.807) is 11.3 Å². The van der Waals surface area contributed by atoms with Crippen LogP contribution in [0.5, 0.6) is 0 Å². The van der Waals surface area contributed by atoms with Crippen molar-refractivity contribution < 1.29 is 13.2 Å². The van der Waals surface area contributed by atoms with E-state index in [1.807, 2.05) is 38.2 Å². The third kappa shape index (κ3) is 4.20. The smallest absolute Gasteiger partial charge is 0.251 e. The molecule has 2 N–H and O–H groups in total. The van der Waals surface area contributed by atoms with Gasteiger partial charge in [-0.3, -0.25) is 9.20 Å². The summed E-state index contributed by atoms with van der Waals surface area (Å²) >= 11 is 0. The molecule has 0 radical (unpaired) electrons. The van der Waals surface area contributed by atoms with E-state index >= 15 is 0 Å². The number of rotatable bonds is 7. The molecular weight excluding hydrogens is 378 g/mol. The molecule has 2 atom stereocenters. The summed E-state index contributed by atoms with van der Waals surface area (Å²) in [6.07, 6.45) is 2.52. The molecule has 0 aliphatic carbocycles. The van der Waals surface area contributed by atoms with Crippen molar-refractivity contribution in [3.63, 3.8) is 0 Å². The van der Waals surface area contributed by atoms with Gasteiger partial charge in [-0.1, -0.05) is 13.0 Å². The Balaban J connectivity index is 1.73. The Kier molecular flexibility index (Phi) is 5.76. The molecule has 28 heavy (non-hydrogen) atoms. The maximum absolute atomic E-state index is 12.5. The fourth-order valence-electron chi connectivity index (χ4n) is 2.70. The number of benzene rings is 1. The van der Waals surface area contributed by atoms with Crippen molar-refractivity contribution in [1.82, 2.24) is 24.6 Å². The first-order chi connectivity index (χ1) is 13.3. The number of nitrogens with zero attached hydrogens (tertiary/aromatic N) is 3. The van der Waals surface area contributed by atoms with E-state index in [-0.39, 0.29) is 22.9 Å². The summed E-state index contributed by atoms with van der Waals surface area (Å²) < 4.78 is 29.0. The van der Waals surface area contributed by atoms with Gasteiger partial charge in [0.2, 0.25) is 10.0 Å². The van der Waals surface area contributed by atoms with Gasteiger partial charge in [0.15, 0.2) is 11.5 Å². The van der Waals surface area contributed by atoms with Crippen molar-refractivity contribution in [3.8, 4) is 0 Å². The first-order valence-corrected chi connectivity index (χ1v) is 10.5. The van der Waals surface area contributed by atoms with Crippen LogP contribution < -0.4 is 10.0 Å². The molecule has 148 valence electrons. The van der Waals surface area contributed by atoms with Gasteiger partial charge < -0.3 is 5.32 Å². The fraction of sp³-hybridized carbons (Fsp3) is 0.316. The van der Waals surface area contributed by atoms with E-state index < -0.39 is 10.0 Å². The van der Waals surface area contributed by atoms with Gasteiger partial charge in [-0.15, -0.1) is 10.2 Å². The predicted molar refractivity (Wildman–Crippen MR) is 105 cm³/mol. The van der Waals surface area contributed by atoms with Gasteiger partial charge in [-0.2, -0.15) is 0 Å². The number of sulfonamides is 1. The number of nitrogens with one attached hydrogen (secondary N) is 2. The molecule has 2 unspecified atom stereocenters. The van der Waals surface area contributed by atoms with Crippen LogP contribution in [0, 0.1) is 0 Å². The largest absolute Gasteiger partial charge is 0.342 e. The van der Waals surface area contributed by atoms with Gasteiger partial charge in [0.1, 0.15) is 0 Å². The number of aromatic nitrogens is 3. The summed E-state index contributed by atoms with van der Waals surface area (Å²) in [6.45, 7) is 5.52. The number of amides is 1. The third-order valence-electron chi connectivity index (χ3n) is 4.47. The highest BCUT2D eigenvalue weighted by Crippen LogP contribution is 2.15. The summed E-state index contributed by atoms with van der Waals surface area (Å²) in [4.78, 5) is 12.7. The average Bonchev–Trinajstić information content (AvgIpc) is 3.12. The summed E-state index contributed by atoms with van der Waals surface area (Å²) in [6, 6.07) is 10.9. The SMILES string of the molecule is CCC(C)NS(=O)(=O)c1ccc(C(=O)NC(C)c2nnc3ccccn23)cc1. The Labute approximate surface area is 164 Å². The highest BCUT2D eigenvalue weighted by Gasteiger charge is 2.19. The number of pyridine rings is 1. The van der Waals surface area contributed by atoms with Crippen LogP contribution in [0.25, 0.3) is 5.65 Å². The zero-order valence-corrected chi connectivity index (χ0v) is 16.8. The van der Waals surface area contributed by atoms with E-state index in [0.29, 0.717) is 23.5 Å². The molecule has 0 saturated heterocycles. The number of carbonyl (C=O) groups is 1. The number of fused-ring (bicyclic) bond motifs is 1. The molecule has 0 bridgehead atoms. The first-order valence-electron chi connectivity index (χ1n) is 9.04. The zero-order valence-electron chi connectivity index (χ0n) is 16.0. The Morgan fingerprint density at radius 2 is 1.82 bits per heavy atom. The standard InChI is InChI=1S/C19H23N5O3S/c1-4-13(2)23-28(26,27)16-10-8-15(9-11-16)19(25)20-14(3)18-22-21-17-7-5-6-12-24(17)18/h5-14,23H,4H2,1-3H3,(H,20,25). The maximum atomic E-state index is 12.5. The van der Waals surface area contributed by atoms with Gasteiger partial charge in [-0.25, -0.2) is 13.1 Å². The molecule has 3 aromatic rings. The first kappa shape index (κ1) is 20.0. The van der Waals surface area contributed by atoms with Crippen LogP contribution in [0.4, 0.5) is 0 Å². The molecule has 0 saturated carbocycles. The molecule has 2 aromatic heterocycles. The summed E-state index contributed by atoms with van der Waals surface area (Å²) in [5, 5.41) is 11.1. The van der Waals surface area contributed by atoms with Crippen LogP contribution in [0.1, 0.15) is 49.4 Å². The maximum Gasteiger partial charge on any atom is 0.251 e. The minimum absolute atomic E-state index is 0.126. The molecule has 0 fully saturated rings. The molecule has 8 nitrogen and oxygen atoms in total. The van der Waals surface area contributed by atoms with E-state index in [0.717, 1.165) is 0 Å². The van der Waals surface area contributed by atoms with E-state index in [4.69, 9.17) is 0 Å². The second-order valence-electron chi connectivity index (χ2n) is 6.64. The minimum atomic E-state index is -3.60. The van der Waals surface area contributed by atoms with Gasteiger partial charge >= 0.3 is 0 Å². The Morgan fingerprint density at radius 3 is 2.50 bits per heavy atom. The van der Waals surface area contributed by atoms with Crippen LogP contribution >= 0.6 is 0 Å². The molecule has 0 aliphatic heterocycles. The van der Waals surface area contributed by atoms with Crippen molar-refractivity contribution in [2.45, 2.75) is 44.2 Å². The second-order valence-corrected chi connectivity index (χ2v) is 8.35. The highest BCUT2D eigenvalue weighted by molar-refractivity contribution is 7.89. The zero-order chi connectivity index (χ0) is 20.3. The summed E-state index contributed by atoms with van der Waals surface area (Å²) in [5.74, 6) is 0.292. The quantitative estimate of drug-likeness (QED) is 0.632. The normalized spacial score (nSPS) is 14.0. The fourth-order valence-corrected chi connectivity index (χ4v) is 4.03. The summed E-state index contributed by atoms with van der Waals surface area (Å²) in [5.41, 5.74) is 1.06. The third-order valence-corrected chi connectivity index (χ3v) is 6.08. The van der Waals surface area contributed by atoms with Crippen LogP contribution in [-0.4, -0.2) is 35.0 Å². The van der Waals surface area contributed by atoms with Crippen LogP contribution in [0.15, 0.2) is 53.6 Å². The molecule has 2 heterocycles. The topological polar surface area (TPSA) is 105 Å². The van der Waals surface area contributed by atoms with Crippen LogP contribution in [0.2, 0.25) is 0 Å². The lowest BCUT2D eigenvalue weighted by Gasteiger charge is -2.14. The molecule has 1 aromatic carbocycles. The second kappa shape index (κ2) is 8.07. The summed E-state index contributed by atoms with van der Waals surface area (Å²) in [7, 11) is -3.60. The molecule has 3 rings (SSSR count). The molecule has 9 heteroatoms. The lowest BCUT2D eigenvalue weighted by Crippen LogP contribution is -2.32. The van der Waals surface area contributed by atoms with Crippen molar-refractivity contribution in [2.24, 2.45) is 0 Å². The molecule has 0 aliphatic rings. The van der Waals surface area contributed by atoms with Gasteiger partial charge in [0, 0.05) is 17.8 Å². The van der Waals surface area contributed by atoms with Crippen molar-refractivity contribution in [1.29, 1.82) is 0 Å². The van der Waals surface area contributed by atoms with Crippen molar-refractivity contribution >= 4 is 21.6 Å². The monoisotopic (exact) mass is 401 g/mol. The highest BCUT2D eigenvalue weighted by atomic mass is 32.2. The van der Waals surface area contributed by atoms with Gasteiger partial charge in [-0.05, 0) is 56.7 Å². The molecular formula is C19H23N5O3S. The van der Waals surface area contributed by atoms with E-state index in [9.17, 15) is 13.2 Å². The predicted octanol–water partition coefficient (Wildman–Crippen LogP) is 2.30. The molecule has 0 spiro atoms. The Hall–Kier alpha value is -2.78. The average molecular weight is 401 g/mol. The van der Waals surface area contributed by atoms with E-state index in [2.05, 4.69) is 20.2 Å². The van der Waals surface area contributed by atoms with E-state index in [1.165, 1.54) is 24.3 Å². The Morgan fingerprint density at radius 1 is 1.11 bits per heavy atom. The number of carbonyl (C=O) groups excluding carboxylic acids is 1. The van der Waals surface area contributed by atoms with Crippen molar-refractivity contribution in [2.75, 3.05) is 0 Å². The number of hydrogen-bond donors (Lipinski definition) is 2. The Bertz CT molecular complexity index is 1080. The van der Waals surface area contributed by atoms with Crippen LogP contribution in [0.3, 0.4) is 0 Å². The molecule has 1 amide bonds. The van der Waals surface area contributed by atoms with Gasteiger partial charge in [0.25, 0.3) is 5.91 Å².